The predicted molar refractivity (Wildman–Crippen MR) is 151 cm³/mol. The quantitative estimate of drug-likeness (QED) is 0.221. The average Bonchev–Trinajstić information content (AvgIpc) is 3.94. The number of esters is 2. The van der Waals surface area contributed by atoms with Crippen LogP contribution in [0.5, 0.6) is 11.5 Å². The van der Waals surface area contributed by atoms with Gasteiger partial charge in [0, 0.05) is 6.08 Å². The Morgan fingerprint density at radius 3 is 1.88 bits per heavy atom. The smallest absolute Gasteiger partial charge is 0.338 e. The lowest BCUT2D eigenvalue weighted by atomic mass is 10.1. The molecular formula is C31H25N3O8. The van der Waals surface area contributed by atoms with Crippen molar-refractivity contribution in [3.05, 3.63) is 95.9 Å². The molecule has 0 aliphatic carbocycles. The van der Waals surface area contributed by atoms with E-state index in [-0.39, 0.29) is 37.4 Å². The molecule has 3 aliphatic rings. The number of benzene rings is 4. The number of hydrogen-bond donors (Lipinski definition) is 1. The average molecular weight is 568 g/mol. The van der Waals surface area contributed by atoms with Crippen molar-refractivity contribution in [2.45, 2.75) is 12.2 Å². The van der Waals surface area contributed by atoms with Gasteiger partial charge in [0.15, 0.2) is 5.75 Å². The zero-order valence-electron chi connectivity index (χ0n) is 22.2. The molecular weight excluding hydrogens is 542 g/mol. The minimum absolute atomic E-state index is 0.0218. The Balaban J connectivity index is 0.964. The molecule has 7 rings (SSSR count). The molecule has 3 heterocycles. The standard InChI is InChI=1S/C31H25N3O8/c35-30(39-17-27-15-37-27)23-3-1-21-13-25(7-5-19(21)11-23)41-29-9-10-32-34(33-29)42-26-8-6-20-12-24(4-2-22(20)14-26)31(36)40-18-28-16-38-28/h1-14,27-28,33H,15-18H2. The van der Waals surface area contributed by atoms with Crippen LogP contribution < -0.4 is 15.0 Å². The first-order valence-electron chi connectivity index (χ1n) is 13.4. The van der Waals surface area contributed by atoms with E-state index in [0.717, 1.165) is 21.5 Å². The highest BCUT2D eigenvalue weighted by Crippen LogP contribution is 2.26. The van der Waals surface area contributed by atoms with Crippen LogP contribution in [0, 0.1) is 0 Å². The number of nitrogens with zero attached hydrogens (tertiary/aromatic N) is 2. The van der Waals surface area contributed by atoms with Crippen molar-refractivity contribution in [3.8, 4) is 11.5 Å². The highest BCUT2D eigenvalue weighted by molar-refractivity contribution is 5.96. The molecule has 3 aliphatic heterocycles. The summed E-state index contributed by atoms with van der Waals surface area (Å²) in [5.41, 5.74) is 3.91. The van der Waals surface area contributed by atoms with Crippen molar-refractivity contribution in [1.29, 1.82) is 0 Å². The van der Waals surface area contributed by atoms with Crippen molar-refractivity contribution >= 4 is 39.7 Å². The highest BCUT2D eigenvalue weighted by atomic mass is 16.7. The molecule has 2 unspecified atom stereocenters. The third kappa shape index (κ3) is 6.12. The first kappa shape index (κ1) is 25.8. The van der Waals surface area contributed by atoms with E-state index in [4.69, 9.17) is 28.5 Å². The summed E-state index contributed by atoms with van der Waals surface area (Å²) in [6.07, 6.45) is 3.26. The summed E-state index contributed by atoms with van der Waals surface area (Å²) in [4.78, 5) is 30.4. The second-order valence-electron chi connectivity index (χ2n) is 9.93. The van der Waals surface area contributed by atoms with E-state index in [9.17, 15) is 9.59 Å². The molecule has 1 N–H and O–H groups in total. The van der Waals surface area contributed by atoms with E-state index in [1.54, 1.807) is 42.6 Å². The van der Waals surface area contributed by atoms with Gasteiger partial charge in [-0.25, -0.2) is 15.0 Å². The van der Waals surface area contributed by atoms with E-state index in [1.165, 1.54) is 5.28 Å². The Morgan fingerprint density at radius 2 is 1.29 bits per heavy atom. The highest BCUT2D eigenvalue weighted by Gasteiger charge is 2.25. The minimum atomic E-state index is -0.380. The Morgan fingerprint density at radius 1 is 0.762 bits per heavy atom. The minimum Gasteiger partial charge on any atom is -0.459 e. The molecule has 0 aromatic heterocycles. The molecule has 4 aromatic carbocycles. The molecule has 11 nitrogen and oxygen atoms in total. The van der Waals surface area contributed by atoms with Crippen LogP contribution in [0.4, 0.5) is 0 Å². The number of nitrogens with one attached hydrogen (secondary N) is 1. The zero-order valence-corrected chi connectivity index (χ0v) is 22.2. The van der Waals surface area contributed by atoms with E-state index >= 15 is 0 Å². The first-order chi connectivity index (χ1) is 20.6. The van der Waals surface area contributed by atoms with Crippen LogP contribution in [0.15, 0.2) is 89.9 Å². The lowest BCUT2D eigenvalue weighted by Gasteiger charge is -2.23. The largest absolute Gasteiger partial charge is 0.459 e. The van der Waals surface area contributed by atoms with E-state index in [0.29, 0.717) is 41.7 Å². The molecule has 0 amide bonds. The molecule has 4 aromatic rings. The monoisotopic (exact) mass is 567 g/mol. The van der Waals surface area contributed by atoms with Crippen molar-refractivity contribution in [1.82, 2.24) is 10.7 Å². The maximum atomic E-state index is 12.3. The molecule has 2 fully saturated rings. The van der Waals surface area contributed by atoms with Crippen molar-refractivity contribution in [2.24, 2.45) is 5.10 Å². The fraction of sp³-hybridized carbons (Fsp3) is 0.194. The Labute approximate surface area is 239 Å². The van der Waals surface area contributed by atoms with Crippen molar-refractivity contribution in [2.75, 3.05) is 26.4 Å². The van der Waals surface area contributed by atoms with E-state index < -0.39 is 0 Å². The SMILES string of the molecule is O=C(OCC1CO1)c1ccc2cc(OC3=CC=NN(Oc4ccc5cc(C(=O)OCC6CO6)ccc5c4)N3)ccc2c1. The summed E-state index contributed by atoms with van der Waals surface area (Å²) in [6.45, 7) is 1.81. The number of carbonyl (C=O) groups excluding carboxylic acids is 2. The van der Waals surface area contributed by atoms with Gasteiger partial charge in [-0.1, -0.05) is 24.3 Å². The molecule has 0 spiro atoms. The van der Waals surface area contributed by atoms with E-state index in [2.05, 4.69) is 10.5 Å². The summed E-state index contributed by atoms with van der Waals surface area (Å²) in [5, 5.41) is 8.89. The topological polar surface area (TPSA) is 124 Å². The fourth-order valence-corrected chi connectivity index (χ4v) is 4.31. The van der Waals surface area contributed by atoms with Crippen LogP contribution in [0.3, 0.4) is 0 Å². The van der Waals surface area contributed by atoms with Crippen LogP contribution in [-0.4, -0.2) is 62.1 Å². The summed E-state index contributed by atoms with van der Waals surface area (Å²) in [7, 11) is 0. The van der Waals surface area contributed by atoms with Crippen LogP contribution >= 0.6 is 0 Å². The molecule has 212 valence electrons. The number of rotatable bonds is 10. The molecule has 2 saturated heterocycles. The fourth-order valence-electron chi connectivity index (χ4n) is 4.31. The summed E-state index contributed by atoms with van der Waals surface area (Å²) < 4.78 is 26.7. The third-order valence-corrected chi connectivity index (χ3v) is 6.72. The number of allylic oxidation sites excluding steroid dienone is 1. The lowest BCUT2D eigenvalue weighted by molar-refractivity contribution is -0.104. The zero-order chi connectivity index (χ0) is 28.5. The van der Waals surface area contributed by atoms with Gasteiger partial charge in [0.1, 0.15) is 31.2 Å². The van der Waals surface area contributed by atoms with Gasteiger partial charge in [-0.2, -0.15) is 0 Å². The van der Waals surface area contributed by atoms with Gasteiger partial charge in [-0.05, 0) is 75.4 Å². The number of carbonyl (C=O) groups is 2. The summed E-state index contributed by atoms with van der Waals surface area (Å²) >= 11 is 0. The van der Waals surface area contributed by atoms with Gasteiger partial charge in [0.2, 0.25) is 5.88 Å². The summed E-state index contributed by atoms with van der Waals surface area (Å²) in [5.74, 6) is 0.753. The number of hydrazone groups is 1. The molecule has 0 saturated carbocycles. The van der Waals surface area contributed by atoms with Gasteiger partial charge >= 0.3 is 11.9 Å². The second-order valence-corrected chi connectivity index (χ2v) is 9.93. The van der Waals surface area contributed by atoms with Crippen LogP contribution in [-0.2, 0) is 18.9 Å². The second kappa shape index (κ2) is 11.0. The number of hydrogen-bond acceptors (Lipinski definition) is 11. The van der Waals surface area contributed by atoms with Gasteiger partial charge < -0.3 is 28.5 Å². The van der Waals surface area contributed by atoms with Crippen molar-refractivity contribution < 1.29 is 38.1 Å². The van der Waals surface area contributed by atoms with Crippen LogP contribution in [0.25, 0.3) is 21.5 Å². The third-order valence-electron chi connectivity index (χ3n) is 6.72. The maximum absolute atomic E-state index is 12.3. The Kier molecular flexibility index (Phi) is 6.78. The van der Waals surface area contributed by atoms with E-state index in [1.807, 2.05) is 42.5 Å². The number of epoxide rings is 2. The molecule has 42 heavy (non-hydrogen) atoms. The van der Waals surface area contributed by atoms with Crippen molar-refractivity contribution in [3.63, 3.8) is 0 Å². The van der Waals surface area contributed by atoms with Crippen LogP contribution in [0.2, 0.25) is 0 Å². The number of hydrazine groups is 1. The normalized spacial score (nSPS) is 18.7. The maximum Gasteiger partial charge on any atom is 0.338 e. The Bertz CT molecular complexity index is 1750. The van der Waals surface area contributed by atoms with Gasteiger partial charge in [0.05, 0.1) is 30.6 Å². The van der Waals surface area contributed by atoms with Gasteiger partial charge in [0.25, 0.3) is 0 Å². The number of ether oxygens (including phenoxy) is 5. The van der Waals surface area contributed by atoms with Crippen LogP contribution in [0.1, 0.15) is 20.7 Å². The van der Waals surface area contributed by atoms with Gasteiger partial charge in [-0.15, -0.1) is 5.10 Å². The molecule has 11 heteroatoms. The molecule has 2 atom stereocenters. The molecule has 0 bridgehead atoms. The predicted octanol–water partition coefficient (Wildman–Crippen LogP) is 4.12. The lowest BCUT2D eigenvalue weighted by Crippen LogP contribution is -2.39. The Hall–Kier alpha value is -5.13. The number of fused-ring (bicyclic) bond motifs is 2. The van der Waals surface area contributed by atoms with Gasteiger partial charge in [-0.3, -0.25) is 0 Å². The first-order valence-corrected chi connectivity index (χ1v) is 13.4. The molecule has 0 radical (unpaired) electrons. The summed E-state index contributed by atoms with van der Waals surface area (Å²) in [6, 6.07) is 21.7.